The zero-order chi connectivity index (χ0) is 22.4. The summed E-state index contributed by atoms with van der Waals surface area (Å²) in [4.78, 5) is 12.0. The molecule has 1 aromatic rings. The highest BCUT2D eigenvalue weighted by Crippen LogP contribution is 2.38. The van der Waals surface area contributed by atoms with Crippen LogP contribution >= 0.6 is 0 Å². The van der Waals surface area contributed by atoms with E-state index in [0.29, 0.717) is 30.2 Å². The molecule has 0 bridgehead atoms. The molecule has 0 aromatic heterocycles. The zero-order valence-electron chi connectivity index (χ0n) is 18.0. The molecule has 0 unspecified atom stereocenters. The summed E-state index contributed by atoms with van der Waals surface area (Å²) in [5, 5.41) is 2.85. The molecular formula is C21H33NO7S. The largest absolute Gasteiger partial charge is 0.493 e. The van der Waals surface area contributed by atoms with Crippen LogP contribution in [0.4, 0.5) is 0 Å². The van der Waals surface area contributed by atoms with E-state index in [4.69, 9.17) is 18.8 Å². The number of carbonyl (C=O) groups excluding carboxylic acids is 1. The highest BCUT2D eigenvalue weighted by atomic mass is 32.2. The van der Waals surface area contributed by atoms with E-state index in [0.717, 1.165) is 44.1 Å². The predicted molar refractivity (Wildman–Crippen MR) is 117 cm³/mol. The molecule has 0 spiro atoms. The molecule has 0 fully saturated rings. The van der Waals surface area contributed by atoms with Crippen molar-refractivity contribution in [2.24, 2.45) is 0 Å². The molecule has 1 aromatic carbocycles. The van der Waals surface area contributed by atoms with Gasteiger partial charge >= 0.3 is 0 Å². The van der Waals surface area contributed by atoms with E-state index >= 15 is 0 Å². The van der Waals surface area contributed by atoms with Gasteiger partial charge in [0.2, 0.25) is 11.7 Å². The Morgan fingerprint density at radius 2 is 1.47 bits per heavy atom. The van der Waals surface area contributed by atoms with Crippen molar-refractivity contribution >= 4 is 22.1 Å². The van der Waals surface area contributed by atoms with E-state index in [9.17, 15) is 13.2 Å². The van der Waals surface area contributed by atoms with Gasteiger partial charge in [0.15, 0.2) is 11.5 Å². The number of methoxy groups -OCH3 is 3. The molecule has 0 atom stereocenters. The third kappa shape index (κ3) is 10.5. The first-order valence-electron chi connectivity index (χ1n) is 10.0. The summed E-state index contributed by atoms with van der Waals surface area (Å²) in [5.74, 6) is 1.21. The fourth-order valence-corrected chi connectivity index (χ4v) is 3.50. The summed E-state index contributed by atoms with van der Waals surface area (Å²) in [6.45, 7) is 0.598. The predicted octanol–water partition coefficient (Wildman–Crippen LogP) is 3.46. The quantitative estimate of drug-likeness (QED) is 0.243. The summed E-state index contributed by atoms with van der Waals surface area (Å²) >= 11 is 0. The first-order chi connectivity index (χ1) is 14.3. The maximum Gasteiger partial charge on any atom is 0.264 e. The van der Waals surface area contributed by atoms with Crippen LogP contribution in [0.5, 0.6) is 17.2 Å². The molecule has 0 aliphatic heterocycles. The minimum atomic E-state index is -3.83. The number of rotatable bonds is 15. The summed E-state index contributed by atoms with van der Waals surface area (Å²) in [6, 6.07) is 3.53. The van der Waals surface area contributed by atoms with E-state index in [1.165, 1.54) is 27.4 Å². The average Bonchev–Trinajstić information content (AvgIpc) is 2.71. The van der Waals surface area contributed by atoms with Crippen LogP contribution in [0.1, 0.15) is 50.5 Å². The second-order valence-corrected chi connectivity index (χ2v) is 8.42. The van der Waals surface area contributed by atoms with E-state index < -0.39 is 10.1 Å². The van der Waals surface area contributed by atoms with Crippen molar-refractivity contribution in [3.63, 3.8) is 0 Å². The van der Waals surface area contributed by atoms with Crippen molar-refractivity contribution in [1.29, 1.82) is 0 Å². The third-order valence-corrected chi connectivity index (χ3v) is 5.30. The lowest BCUT2D eigenvalue weighted by molar-refractivity contribution is -0.116. The summed E-state index contributed by atoms with van der Waals surface area (Å²) in [7, 11) is 0.779. The molecular weight excluding hydrogens is 410 g/mol. The molecule has 30 heavy (non-hydrogen) atoms. The van der Waals surface area contributed by atoms with Crippen LogP contribution < -0.4 is 19.5 Å². The van der Waals surface area contributed by atoms with Crippen LogP contribution in [-0.4, -0.2) is 52.5 Å². The molecule has 0 saturated heterocycles. The molecule has 0 radical (unpaired) electrons. The van der Waals surface area contributed by atoms with Crippen molar-refractivity contribution < 1.29 is 32.0 Å². The van der Waals surface area contributed by atoms with Crippen molar-refractivity contribution in [3.8, 4) is 17.2 Å². The van der Waals surface area contributed by atoms with Gasteiger partial charge in [0.25, 0.3) is 10.1 Å². The van der Waals surface area contributed by atoms with Crippen molar-refractivity contribution in [3.05, 3.63) is 23.8 Å². The molecule has 1 rings (SSSR count). The molecule has 0 saturated carbocycles. The lowest BCUT2D eigenvalue weighted by Crippen LogP contribution is -2.21. The van der Waals surface area contributed by atoms with E-state index in [1.54, 1.807) is 18.2 Å². The minimum absolute atomic E-state index is 0.164. The number of hydrogen-bond donors (Lipinski definition) is 2. The highest BCUT2D eigenvalue weighted by Gasteiger charge is 2.12. The molecule has 170 valence electrons. The maximum atomic E-state index is 12.0. The van der Waals surface area contributed by atoms with Gasteiger partial charge in [-0.1, -0.05) is 32.1 Å². The lowest BCUT2D eigenvalue weighted by Gasteiger charge is -2.12. The molecule has 9 heteroatoms. The Morgan fingerprint density at radius 1 is 0.933 bits per heavy atom. The minimum Gasteiger partial charge on any atom is -0.493 e. The lowest BCUT2D eigenvalue weighted by atomic mass is 10.1. The Balaban J connectivity index is 2.26. The van der Waals surface area contributed by atoms with Crippen molar-refractivity contribution in [2.75, 3.05) is 33.6 Å². The van der Waals surface area contributed by atoms with Gasteiger partial charge in [-0.2, -0.15) is 8.42 Å². The molecule has 0 aliphatic rings. The average molecular weight is 444 g/mol. The second-order valence-electron chi connectivity index (χ2n) is 6.84. The van der Waals surface area contributed by atoms with Crippen LogP contribution in [0.2, 0.25) is 0 Å². The first kappa shape index (κ1) is 25.8. The topological polar surface area (TPSA) is 111 Å². The first-order valence-corrected chi connectivity index (χ1v) is 11.6. The zero-order valence-corrected chi connectivity index (χ0v) is 18.8. The number of ether oxygens (including phenoxy) is 3. The van der Waals surface area contributed by atoms with E-state index in [-0.39, 0.29) is 11.7 Å². The van der Waals surface area contributed by atoms with Gasteiger partial charge in [0.1, 0.15) is 0 Å². The SMILES string of the molecule is COc1cc(C=CC(=O)NCCCCCCCCCS(=O)(=O)O)cc(OC)c1OC. The van der Waals surface area contributed by atoms with Crippen LogP contribution in [0.15, 0.2) is 18.2 Å². The number of unbranched alkanes of at least 4 members (excludes halogenated alkanes) is 6. The van der Waals surface area contributed by atoms with Gasteiger partial charge in [-0.15, -0.1) is 0 Å². The third-order valence-electron chi connectivity index (χ3n) is 4.49. The molecule has 0 aliphatic carbocycles. The normalized spacial score (nSPS) is 11.5. The highest BCUT2D eigenvalue weighted by molar-refractivity contribution is 7.85. The summed E-state index contributed by atoms with van der Waals surface area (Å²) < 4.78 is 45.7. The van der Waals surface area contributed by atoms with E-state index in [1.807, 2.05) is 0 Å². The monoisotopic (exact) mass is 443 g/mol. The van der Waals surface area contributed by atoms with Crippen LogP contribution in [0.3, 0.4) is 0 Å². The maximum absolute atomic E-state index is 12.0. The Labute approximate surface area is 179 Å². The standard InChI is InChI=1S/C21H33NO7S/c1-27-18-15-17(16-19(28-2)21(18)29-3)11-12-20(23)22-13-9-7-5-4-6-8-10-14-30(24,25)26/h11-12,15-16H,4-10,13-14H2,1-3H3,(H,22,23)(H,24,25,26). The van der Waals surface area contributed by atoms with Crippen LogP contribution in [0.25, 0.3) is 6.08 Å². The van der Waals surface area contributed by atoms with E-state index in [2.05, 4.69) is 5.32 Å². The Morgan fingerprint density at radius 3 is 1.97 bits per heavy atom. The van der Waals surface area contributed by atoms with Gasteiger partial charge in [-0.25, -0.2) is 0 Å². The van der Waals surface area contributed by atoms with Gasteiger partial charge in [0.05, 0.1) is 27.1 Å². The Kier molecular flexibility index (Phi) is 11.9. The number of carbonyl (C=O) groups is 1. The number of benzene rings is 1. The smallest absolute Gasteiger partial charge is 0.264 e. The Bertz CT molecular complexity index is 766. The van der Waals surface area contributed by atoms with Crippen molar-refractivity contribution in [2.45, 2.75) is 44.9 Å². The Hall–Kier alpha value is -2.26. The van der Waals surface area contributed by atoms with Crippen LogP contribution in [-0.2, 0) is 14.9 Å². The summed E-state index contributed by atoms with van der Waals surface area (Å²) in [6.07, 6.45) is 9.31. The molecule has 8 nitrogen and oxygen atoms in total. The van der Waals surface area contributed by atoms with Crippen LogP contribution in [0, 0.1) is 0 Å². The molecule has 0 heterocycles. The second kappa shape index (κ2) is 13.9. The summed E-state index contributed by atoms with van der Waals surface area (Å²) in [5.41, 5.74) is 0.758. The number of nitrogens with one attached hydrogen (secondary N) is 1. The number of hydrogen-bond acceptors (Lipinski definition) is 6. The fraction of sp³-hybridized carbons (Fsp3) is 0.571. The molecule has 2 N–H and O–H groups in total. The number of amides is 1. The van der Waals surface area contributed by atoms with Crippen molar-refractivity contribution in [1.82, 2.24) is 5.32 Å². The van der Waals surface area contributed by atoms with Gasteiger partial charge in [-0.3, -0.25) is 9.35 Å². The van der Waals surface area contributed by atoms with Gasteiger partial charge in [0, 0.05) is 12.6 Å². The van der Waals surface area contributed by atoms with Gasteiger partial charge < -0.3 is 19.5 Å². The van der Waals surface area contributed by atoms with Gasteiger partial charge in [-0.05, 0) is 36.6 Å². The fourth-order valence-electron chi connectivity index (χ4n) is 2.93. The molecule has 1 amide bonds.